The number of amides is 1. The number of hydrogen-bond acceptors (Lipinski definition) is 4. The number of aromatic amines is 1. The molecule has 2 N–H and O–H groups in total. The normalized spacial score (nSPS) is 22.1. The number of halogens is 2. The quantitative estimate of drug-likeness (QED) is 0.695. The molecule has 2 aliphatic carbocycles. The van der Waals surface area contributed by atoms with E-state index >= 15 is 0 Å². The van der Waals surface area contributed by atoms with Crippen LogP contribution in [0.25, 0.3) is 0 Å². The predicted octanol–water partition coefficient (Wildman–Crippen LogP) is 2.70. The summed E-state index contributed by atoms with van der Waals surface area (Å²) in [5.74, 6) is -2.05. The Balaban J connectivity index is 1.32. The van der Waals surface area contributed by atoms with Gasteiger partial charge in [0.05, 0.1) is 6.04 Å². The lowest BCUT2D eigenvalue weighted by Crippen LogP contribution is -2.43. The van der Waals surface area contributed by atoms with Gasteiger partial charge in [-0.15, -0.1) is 5.10 Å². The number of rotatable bonds is 4. The molecular formula is C22H18F2N4O2. The summed E-state index contributed by atoms with van der Waals surface area (Å²) in [5.41, 5.74) is 1.78. The first-order chi connectivity index (χ1) is 14.5. The standard InChI is InChI=1S/C22H18F2N4O2/c23-12-7-13-14-9-16(14)20(18(29)10-15(13)17(24)8-12)26-22(30)21-25-19(27-28-21)6-11-4-2-1-3-5-11/h1-5,7-8,14,16,20H,6,9-10H2,(H,26,30)(H,25,27,28)/t14-,16-,20-/m1/s1. The first-order valence-corrected chi connectivity index (χ1v) is 9.76. The average Bonchev–Trinajstić information content (AvgIpc) is 3.39. The highest BCUT2D eigenvalue weighted by Gasteiger charge is 2.51. The molecule has 0 bridgehead atoms. The van der Waals surface area contributed by atoms with Gasteiger partial charge in [0, 0.05) is 18.9 Å². The molecule has 152 valence electrons. The van der Waals surface area contributed by atoms with Crippen LogP contribution < -0.4 is 5.32 Å². The SMILES string of the molecule is O=C(N[C@H]1C(=O)Cc2c(F)cc(F)cc2[C@H]2C[C@H]21)c1n[nH]c(Cc2ccccc2)n1. The zero-order chi connectivity index (χ0) is 20.8. The molecule has 1 amide bonds. The molecule has 1 saturated carbocycles. The van der Waals surface area contributed by atoms with Crippen LogP contribution in [0, 0.1) is 17.6 Å². The second-order valence-electron chi connectivity index (χ2n) is 7.82. The summed E-state index contributed by atoms with van der Waals surface area (Å²) in [6.07, 6.45) is 0.917. The van der Waals surface area contributed by atoms with Gasteiger partial charge in [-0.1, -0.05) is 30.3 Å². The lowest BCUT2D eigenvalue weighted by atomic mass is 9.99. The predicted molar refractivity (Wildman–Crippen MR) is 103 cm³/mol. The fourth-order valence-corrected chi connectivity index (χ4v) is 4.26. The summed E-state index contributed by atoms with van der Waals surface area (Å²) in [7, 11) is 0. The molecule has 5 rings (SSSR count). The highest BCUT2D eigenvalue weighted by atomic mass is 19.1. The number of Topliss-reactive ketones (excluding diaryl/α,β-unsaturated/α-hetero) is 1. The fourth-order valence-electron chi connectivity index (χ4n) is 4.26. The van der Waals surface area contributed by atoms with Crippen LogP contribution in [0.1, 0.15) is 45.5 Å². The van der Waals surface area contributed by atoms with Crippen LogP contribution in [0.3, 0.4) is 0 Å². The lowest BCUT2D eigenvalue weighted by molar-refractivity contribution is -0.120. The number of aromatic nitrogens is 3. The van der Waals surface area contributed by atoms with Crippen molar-refractivity contribution in [1.29, 1.82) is 0 Å². The van der Waals surface area contributed by atoms with Gasteiger partial charge in [0.1, 0.15) is 17.5 Å². The molecule has 0 unspecified atom stereocenters. The molecular weight excluding hydrogens is 390 g/mol. The Morgan fingerprint density at radius 2 is 2.00 bits per heavy atom. The summed E-state index contributed by atoms with van der Waals surface area (Å²) in [5, 5.41) is 9.42. The van der Waals surface area contributed by atoms with Gasteiger partial charge < -0.3 is 5.32 Å². The van der Waals surface area contributed by atoms with E-state index in [0.717, 1.165) is 11.6 Å². The Hall–Kier alpha value is -3.42. The van der Waals surface area contributed by atoms with Gasteiger partial charge >= 0.3 is 0 Å². The van der Waals surface area contributed by atoms with E-state index in [9.17, 15) is 18.4 Å². The van der Waals surface area contributed by atoms with Crippen molar-refractivity contribution in [2.75, 3.05) is 0 Å². The number of fused-ring (bicyclic) bond motifs is 3. The van der Waals surface area contributed by atoms with Crippen LogP contribution in [-0.4, -0.2) is 32.9 Å². The van der Waals surface area contributed by atoms with Gasteiger partial charge in [0.15, 0.2) is 5.78 Å². The Morgan fingerprint density at radius 1 is 1.20 bits per heavy atom. The Labute approximate surface area is 170 Å². The van der Waals surface area contributed by atoms with Gasteiger partial charge in [0.25, 0.3) is 5.91 Å². The minimum atomic E-state index is -0.770. The van der Waals surface area contributed by atoms with Gasteiger partial charge in [-0.25, -0.2) is 13.8 Å². The van der Waals surface area contributed by atoms with Crippen molar-refractivity contribution in [3.05, 3.63) is 82.4 Å². The second-order valence-corrected chi connectivity index (χ2v) is 7.82. The number of ketones is 1. The fraction of sp³-hybridized carbons (Fsp3) is 0.273. The van der Waals surface area contributed by atoms with Crippen LogP contribution in [-0.2, 0) is 17.6 Å². The molecule has 0 aliphatic heterocycles. The maximum absolute atomic E-state index is 14.2. The molecule has 1 fully saturated rings. The summed E-state index contributed by atoms with van der Waals surface area (Å²) in [6, 6.07) is 10.9. The van der Waals surface area contributed by atoms with E-state index in [4.69, 9.17) is 0 Å². The Morgan fingerprint density at radius 3 is 2.80 bits per heavy atom. The van der Waals surface area contributed by atoms with Crippen molar-refractivity contribution in [3.63, 3.8) is 0 Å². The number of carbonyl (C=O) groups excluding carboxylic acids is 2. The molecule has 1 aromatic heterocycles. The molecule has 0 saturated heterocycles. The van der Waals surface area contributed by atoms with Crippen molar-refractivity contribution in [3.8, 4) is 0 Å². The maximum Gasteiger partial charge on any atom is 0.291 e. The third-order valence-electron chi connectivity index (χ3n) is 5.80. The lowest BCUT2D eigenvalue weighted by Gasteiger charge is -2.15. The topological polar surface area (TPSA) is 87.7 Å². The van der Waals surface area contributed by atoms with Crippen LogP contribution in [0.4, 0.5) is 8.78 Å². The minimum absolute atomic E-state index is 0.0510. The van der Waals surface area contributed by atoms with Gasteiger partial charge in [-0.2, -0.15) is 0 Å². The van der Waals surface area contributed by atoms with E-state index in [0.29, 0.717) is 24.2 Å². The minimum Gasteiger partial charge on any atom is -0.339 e. The number of nitrogens with zero attached hydrogens (tertiary/aromatic N) is 2. The monoisotopic (exact) mass is 408 g/mol. The van der Waals surface area contributed by atoms with Gasteiger partial charge in [-0.3, -0.25) is 14.7 Å². The molecule has 2 aliphatic rings. The summed E-state index contributed by atoms with van der Waals surface area (Å²) in [6.45, 7) is 0. The second kappa shape index (κ2) is 7.12. The third kappa shape index (κ3) is 3.38. The zero-order valence-corrected chi connectivity index (χ0v) is 15.9. The van der Waals surface area contributed by atoms with Crippen molar-refractivity contribution in [2.24, 2.45) is 5.92 Å². The van der Waals surface area contributed by atoms with E-state index in [1.807, 2.05) is 30.3 Å². The van der Waals surface area contributed by atoms with Crippen LogP contribution in [0.15, 0.2) is 42.5 Å². The van der Waals surface area contributed by atoms with E-state index in [1.165, 1.54) is 6.07 Å². The Kier molecular flexibility index (Phi) is 4.42. The van der Waals surface area contributed by atoms with E-state index in [2.05, 4.69) is 20.5 Å². The summed E-state index contributed by atoms with van der Waals surface area (Å²) >= 11 is 0. The first kappa shape index (κ1) is 18.6. The van der Waals surface area contributed by atoms with Gasteiger partial charge in [0.2, 0.25) is 5.82 Å². The van der Waals surface area contributed by atoms with Crippen molar-refractivity contribution < 1.29 is 18.4 Å². The number of hydrogen-bond donors (Lipinski definition) is 2. The van der Waals surface area contributed by atoms with Gasteiger partial charge in [-0.05, 0) is 41.0 Å². The summed E-state index contributed by atoms with van der Waals surface area (Å²) < 4.78 is 27.9. The molecule has 3 atom stereocenters. The van der Waals surface area contributed by atoms with Crippen molar-refractivity contribution in [2.45, 2.75) is 31.2 Å². The smallest absolute Gasteiger partial charge is 0.291 e. The van der Waals surface area contributed by atoms with Crippen LogP contribution >= 0.6 is 0 Å². The average molecular weight is 408 g/mol. The summed E-state index contributed by atoms with van der Waals surface area (Å²) in [4.78, 5) is 29.6. The number of carbonyl (C=O) groups is 2. The highest BCUT2D eigenvalue weighted by Crippen LogP contribution is 2.53. The van der Waals surface area contributed by atoms with E-state index in [-0.39, 0.29) is 35.4 Å². The number of H-pyrrole nitrogens is 1. The first-order valence-electron chi connectivity index (χ1n) is 9.76. The van der Waals surface area contributed by atoms with Crippen molar-refractivity contribution in [1.82, 2.24) is 20.5 Å². The van der Waals surface area contributed by atoms with Crippen LogP contribution in [0.5, 0.6) is 0 Å². The zero-order valence-electron chi connectivity index (χ0n) is 15.9. The molecule has 30 heavy (non-hydrogen) atoms. The molecule has 8 heteroatoms. The highest BCUT2D eigenvalue weighted by molar-refractivity contribution is 5.97. The molecule has 0 radical (unpaired) electrons. The largest absolute Gasteiger partial charge is 0.339 e. The van der Waals surface area contributed by atoms with Crippen molar-refractivity contribution >= 4 is 11.7 Å². The van der Waals surface area contributed by atoms with E-state index < -0.39 is 23.6 Å². The molecule has 2 aromatic carbocycles. The van der Waals surface area contributed by atoms with E-state index in [1.54, 1.807) is 0 Å². The Bertz CT molecular complexity index is 1150. The maximum atomic E-state index is 14.2. The van der Waals surface area contributed by atoms with Crippen LogP contribution in [0.2, 0.25) is 0 Å². The molecule has 1 heterocycles. The molecule has 0 spiro atoms. The third-order valence-corrected chi connectivity index (χ3v) is 5.80. The molecule has 3 aromatic rings. The number of benzene rings is 2. The number of nitrogens with one attached hydrogen (secondary N) is 2. The molecule has 6 nitrogen and oxygen atoms in total.